The zero-order valence-electron chi connectivity index (χ0n) is 21.0. The van der Waals surface area contributed by atoms with Crippen molar-refractivity contribution in [1.29, 1.82) is 0 Å². The van der Waals surface area contributed by atoms with Crippen LogP contribution >= 0.6 is 0 Å². The molecule has 3 aliphatic rings. The highest BCUT2D eigenvalue weighted by molar-refractivity contribution is 6.04. The van der Waals surface area contributed by atoms with E-state index < -0.39 is 0 Å². The fraction of sp³-hybridized carbons (Fsp3) is 0.519. The number of hydrogen-bond donors (Lipinski definition) is 2. The highest BCUT2D eigenvalue weighted by Gasteiger charge is 2.39. The number of nitrogens with one attached hydrogen (secondary N) is 2. The van der Waals surface area contributed by atoms with Gasteiger partial charge in [0.1, 0.15) is 11.9 Å². The summed E-state index contributed by atoms with van der Waals surface area (Å²) in [5, 5.41) is 6.57. The number of fused-ring (bicyclic) bond motifs is 1. The van der Waals surface area contributed by atoms with Crippen LogP contribution in [-0.2, 0) is 4.79 Å². The van der Waals surface area contributed by atoms with Crippen LogP contribution in [0.5, 0.6) is 0 Å². The third-order valence-corrected chi connectivity index (χ3v) is 7.73. The molecule has 1 aromatic carbocycles. The molecule has 5 rings (SSSR count). The maximum atomic E-state index is 12.9. The number of piperidine rings is 1. The lowest BCUT2D eigenvalue weighted by molar-refractivity contribution is -0.119. The number of likely N-dealkylation sites (N-methyl/N-ethyl adjacent to an activating group) is 1. The standard InChI is InChI=1S/C27H36N6O2/c1-18-27(35)32(3)23-11-12-24(30-25(23)33(18)22-9-4-5-10-22)28-21-8-6-7-19(17-21)26(34)29-20-13-15-31(2)16-14-20/h6-8,11-12,17-18,20,22H,4-5,9-10,13-16H2,1-3H3,(H,28,30)(H,29,34)/t18-/m1/s1. The van der Waals surface area contributed by atoms with Gasteiger partial charge >= 0.3 is 0 Å². The Kier molecular flexibility index (Phi) is 6.65. The molecule has 1 saturated heterocycles. The number of likely N-dealkylation sites (tertiary alicyclic amines) is 1. The Morgan fingerprint density at radius 2 is 1.77 bits per heavy atom. The minimum absolute atomic E-state index is 0.0389. The molecule has 0 spiro atoms. The first kappa shape index (κ1) is 23.6. The Balaban J connectivity index is 1.35. The summed E-state index contributed by atoms with van der Waals surface area (Å²) in [6.45, 7) is 4.00. The predicted molar refractivity (Wildman–Crippen MR) is 140 cm³/mol. The van der Waals surface area contributed by atoms with E-state index in [4.69, 9.17) is 4.98 Å². The summed E-state index contributed by atoms with van der Waals surface area (Å²) in [7, 11) is 3.94. The first-order valence-electron chi connectivity index (χ1n) is 12.8. The van der Waals surface area contributed by atoms with Crippen LogP contribution in [0, 0.1) is 0 Å². The van der Waals surface area contributed by atoms with Crippen molar-refractivity contribution in [2.24, 2.45) is 0 Å². The Morgan fingerprint density at radius 1 is 1.03 bits per heavy atom. The van der Waals surface area contributed by atoms with Crippen molar-refractivity contribution in [3.05, 3.63) is 42.0 Å². The van der Waals surface area contributed by atoms with Crippen molar-refractivity contribution >= 4 is 34.8 Å². The second kappa shape index (κ2) is 9.85. The lowest BCUT2D eigenvalue weighted by atomic mass is 10.0. The number of benzene rings is 1. The molecule has 1 saturated carbocycles. The molecule has 2 amide bonds. The summed E-state index contributed by atoms with van der Waals surface area (Å²) in [5.74, 6) is 1.63. The van der Waals surface area contributed by atoms with Crippen molar-refractivity contribution in [1.82, 2.24) is 15.2 Å². The van der Waals surface area contributed by atoms with Gasteiger partial charge in [0, 0.05) is 30.4 Å². The average Bonchev–Trinajstić information content (AvgIpc) is 3.39. The lowest BCUT2D eigenvalue weighted by Gasteiger charge is -2.42. The van der Waals surface area contributed by atoms with Gasteiger partial charge in [0.2, 0.25) is 5.91 Å². The molecule has 186 valence electrons. The van der Waals surface area contributed by atoms with Crippen LogP contribution in [0.15, 0.2) is 36.4 Å². The van der Waals surface area contributed by atoms with Crippen LogP contribution in [0.4, 0.5) is 23.0 Å². The topological polar surface area (TPSA) is 80.8 Å². The number of carbonyl (C=O) groups is 2. The van der Waals surface area contributed by atoms with Crippen LogP contribution in [0.25, 0.3) is 0 Å². The number of aromatic nitrogens is 1. The van der Waals surface area contributed by atoms with E-state index in [9.17, 15) is 9.59 Å². The molecule has 2 aromatic rings. The van der Waals surface area contributed by atoms with Gasteiger partial charge in [0.15, 0.2) is 5.82 Å². The maximum absolute atomic E-state index is 12.9. The molecule has 3 heterocycles. The van der Waals surface area contributed by atoms with Crippen molar-refractivity contribution in [2.75, 3.05) is 42.3 Å². The molecule has 2 aliphatic heterocycles. The third-order valence-electron chi connectivity index (χ3n) is 7.73. The van der Waals surface area contributed by atoms with Crippen LogP contribution in [0.3, 0.4) is 0 Å². The van der Waals surface area contributed by atoms with E-state index in [-0.39, 0.29) is 23.9 Å². The second-order valence-corrected chi connectivity index (χ2v) is 10.2. The van der Waals surface area contributed by atoms with E-state index in [0.29, 0.717) is 17.4 Å². The van der Waals surface area contributed by atoms with E-state index in [1.54, 1.807) is 4.90 Å². The largest absolute Gasteiger partial charge is 0.349 e. The monoisotopic (exact) mass is 476 g/mol. The predicted octanol–water partition coefficient (Wildman–Crippen LogP) is 3.76. The van der Waals surface area contributed by atoms with Gasteiger partial charge < -0.3 is 25.3 Å². The van der Waals surface area contributed by atoms with Gasteiger partial charge in [0.05, 0.1) is 5.69 Å². The summed E-state index contributed by atoms with van der Waals surface area (Å²) < 4.78 is 0. The number of pyridine rings is 1. The lowest BCUT2D eigenvalue weighted by Crippen LogP contribution is -2.54. The molecule has 2 N–H and O–H groups in total. The molecule has 0 radical (unpaired) electrons. The number of rotatable bonds is 5. The van der Waals surface area contributed by atoms with Gasteiger partial charge in [-0.15, -0.1) is 0 Å². The van der Waals surface area contributed by atoms with Crippen molar-refractivity contribution in [3.8, 4) is 0 Å². The normalized spacial score (nSPS) is 21.8. The van der Waals surface area contributed by atoms with Crippen LogP contribution in [0.2, 0.25) is 0 Å². The van der Waals surface area contributed by atoms with Crippen molar-refractivity contribution in [2.45, 2.75) is 63.6 Å². The zero-order valence-corrected chi connectivity index (χ0v) is 21.0. The van der Waals surface area contributed by atoms with E-state index in [2.05, 4.69) is 27.5 Å². The van der Waals surface area contributed by atoms with E-state index in [0.717, 1.165) is 56.0 Å². The first-order chi connectivity index (χ1) is 16.9. The molecular weight excluding hydrogens is 440 g/mol. The summed E-state index contributed by atoms with van der Waals surface area (Å²) in [5.41, 5.74) is 2.30. The summed E-state index contributed by atoms with van der Waals surface area (Å²) >= 11 is 0. The highest BCUT2D eigenvalue weighted by atomic mass is 16.2. The zero-order chi connectivity index (χ0) is 24.5. The summed E-state index contributed by atoms with van der Waals surface area (Å²) in [6, 6.07) is 11.8. The Bertz CT molecular complexity index is 1090. The fourth-order valence-corrected chi connectivity index (χ4v) is 5.64. The highest BCUT2D eigenvalue weighted by Crippen LogP contribution is 2.39. The SMILES string of the molecule is C[C@@H]1C(=O)N(C)c2ccc(Nc3cccc(C(=O)NC4CCN(C)CC4)c3)nc2N1C1CCCC1. The van der Waals surface area contributed by atoms with E-state index in [1.807, 2.05) is 50.4 Å². The van der Waals surface area contributed by atoms with Crippen molar-refractivity contribution in [3.63, 3.8) is 0 Å². The molecule has 1 atom stereocenters. The minimum Gasteiger partial charge on any atom is -0.349 e. The molecule has 1 aromatic heterocycles. The van der Waals surface area contributed by atoms with Gasteiger partial charge in [-0.25, -0.2) is 4.98 Å². The summed E-state index contributed by atoms with van der Waals surface area (Å²) in [6.07, 6.45) is 6.52. The Hall–Kier alpha value is -3.13. The molecule has 0 unspecified atom stereocenters. The van der Waals surface area contributed by atoms with Crippen LogP contribution < -0.4 is 20.4 Å². The van der Waals surface area contributed by atoms with E-state index in [1.165, 1.54) is 12.8 Å². The molecule has 2 fully saturated rings. The van der Waals surface area contributed by atoms with Gasteiger partial charge in [-0.1, -0.05) is 18.9 Å². The smallest absolute Gasteiger partial charge is 0.251 e. The fourth-order valence-electron chi connectivity index (χ4n) is 5.64. The van der Waals surface area contributed by atoms with Crippen LogP contribution in [-0.4, -0.2) is 67.0 Å². The molecule has 0 bridgehead atoms. The van der Waals surface area contributed by atoms with E-state index >= 15 is 0 Å². The van der Waals surface area contributed by atoms with Gasteiger partial charge in [-0.05, 0) is 83.1 Å². The minimum atomic E-state index is -0.232. The maximum Gasteiger partial charge on any atom is 0.251 e. The molecular formula is C27H36N6O2. The van der Waals surface area contributed by atoms with Gasteiger partial charge in [-0.2, -0.15) is 0 Å². The molecule has 35 heavy (non-hydrogen) atoms. The van der Waals surface area contributed by atoms with Gasteiger partial charge in [-0.3, -0.25) is 9.59 Å². The Labute approximate surface area is 207 Å². The first-order valence-corrected chi connectivity index (χ1v) is 12.8. The average molecular weight is 477 g/mol. The summed E-state index contributed by atoms with van der Waals surface area (Å²) in [4.78, 5) is 37.0. The quantitative estimate of drug-likeness (QED) is 0.684. The number of amides is 2. The van der Waals surface area contributed by atoms with Crippen LogP contribution in [0.1, 0.15) is 55.8 Å². The molecule has 8 nitrogen and oxygen atoms in total. The number of nitrogens with zero attached hydrogens (tertiary/aromatic N) is 4. The molecule has 8 heteroatoms. The number of anilines is 4. The third kappa shape index (κ3) is 4.85. The van der Waals surface area contributed by atoms with Crippen molar-refractivity contribution < 1.29 is 9.59 Å². The Morgan fingerprint density at radius 3 is 2.51 bits per heavy atom. The molecule has 1 aliphatic carbocycles. The van der Waals surface area contributed by atoms with Gasteiger partial charge in [0.25, 0.3) is 5.91 Å². The second-order valence-electron chi connectivity index (χ2n) is 10.2. The number of carbonyl (C=O) groups excluding carboxylic acids is 2. The number of hydrogen-bond acceptors (Lipinski definition) is 6.